The number of carbonyl (C=O) groups is 1. The minimum absolute atomic E-state index is 0.101. The van der Waals surface area contributed by atoms with E-state index in [4.69, 9.17) is 9.16 Å². The molecule has 1 fully saturated rings. The van der Waals surface area contributed by atoms with E-state index in [0.717, 1.165) is 17.9 Å². The number of nitrogens with zero attached hydrogens (tertiary/aromatic N) is 1. The lowest BCUT2D eigenvalue weighted by Gasteiger charge is -2.53. The Hall–Kier alpha value is -1.33. The zero-order valence-electron chi connectivity index (χ0n) is 19.2. The van der Waals surface area contributed by atoms with Gasteiger partial charge in [0, 0.05) is 5.69 Å². The monoisotopic (exact) mass is 405 g/mol. The van der Waals surface area contributed by atoms with Gasteiger partial charge in [0.1, 0.15) is 11.9 Å². The summed E-state index contributed by atoms with van der Waals surface area (Å²) >= 11 is 0. The van der Waals surface area contributed by atoms with Crippen LogP contribution in [0.25, 0.3) is 0 Å². The molecule has 2 atom stereocenters. The minimum atomic E-state index is -2.11. The van der Waals surface area contributed by atoms with E-state index in [9.17, 15) is 4.79 Å². The molecule has 1 aromatic carbocycles. The lowest BCUT2D eigenvalue weighted by molar-refractivity contribution is -0.136. The third-order valence-electron chi connectivity index (χ3n) is 6.26. The summed E-state index contributed by atoms with van der Waals surface area (Å²) < 4.78 is 12.2. The lowest BCUT2D eigenvalue weighted by atomic mass is 9.89. The second kappa shape index (κ2) is 9.00. The maximum Gasteiger partial charge on any atom is 0.257 e. The Morgan fingerprint density at radius 3 is 1.82 bits per heavy atom. The molecule has 0 aliphatic carbocycles. The van der Waals surface area contributed by atoms with Gasteiger partial charge in [0.15, 0.2) is 0 Å². The Balaban J connectivity index is 2.34. The van der Waals surface area contributed by atoms with Gasteiger partial charge in [-0.2, -0.15) is 0 Å². The van der Waals surface area contributed by atoms with Crippen molar-refractivity contribution < 1.29 is 14.0 Å². The summed E-state index contributed by atoms with van der Waals surface area (Å²) in [6, 6.07) is 7.87. The van der Waals surface area contributed by atoms with Crippen LogP contribution in [0, 0.1) is 5.92 Å². The number of β-lactam (4-membered cyclic amide) rings is 1. The molecule has 1 amide bonds. The van der Waals surface area contributed by atoms with E-state index in [2.05, 4.69) is 55.4 Å². The van der Waals surface area contributed by atoms with Gasteiger partial charge in [-0.15, -0.1) is 0 Å². The standard InChI is InChI=1S/C23H39NO3Si/c1-15(2)14-21-22(27-28(16(3)4,17(5)6)18(7)8)23(25)24(21)19-10-12-20(26-9)13-11-19/h10-13,15-18,21-22H,14H2,1-9H3/t21-,22-/m1/s1. The molecule has 5 heteroatoms. The molecule has 158 valence electrons. The van der Waals surface area contributed by atoms with Crippen LogP contribution in [0.5, 0.6) is 5.75 Å². The average Bonchev–Trinajstić information content (AvgIpc) is 2.61. The number of hydrogen-bond donors (Lipinski definition) is 0. The Kier molecular flexibility index (Phi) is 7.37. The highest BCUT2D eigenvalue weighted by atomic mass is 28.4. The SMILES string of the molecule is COc1ccc(N2C(=O)[C@H](O[Si](C(C)C)(C(C)C)C(C)C)[C@H]2CC(C)C)cc1. The number of anilines is 1. The molecule has 0 aromatic heterocycles. The van der Waals surface area contributed by atoms with E-state index in [1.165, 1.54) is 0 Å². The zero-order valence-corrected chi connectivity index (χ0v) is 20.2. The Morgan fingerprint density at radius 1 is 0.929 bits per heavy atom. The molecular formula is C23H39NO3Si. The van der Waals surface area contributed by atoms with E-state index in [-0.39, 0.29) is 18.1 Å². The molecule has 0 unspecified atom stereocenters. The molecule has 1 aromatic rings. The van der Waals surface area contributed by atoms with Crippen LogP contribution < -0.4 is 9.64 Å². The second-order valence-electron chi connectivity index (χ2n) is 9.46. The first-order valence-corrected chi connectivity index (χ1v) is 12.8. The van der Waals surface area contributed by atoms with Crippen LogP contribution in [-0.4, -0.2) is 33.5 Å². The van der Waals surface area contributed by atoms with Crippen LogP contribution in [0.3, 0.4) is 0 Å². The number of rotatable bonds is 9. The summed E-state index contributed by atoms with van der Waals surface area (Å²) in [5.74, 6) is 1.41. The smallest absolute Gasteiger partial charge is 0.257 e. The van der Waals surface area contributed by atoms with Gasteiger partial charge in [-0.25, -0.2) is 0 Å². The fourth-order valence-electron chi connectivity index (χ4n) is 5.05. The van der Waals surface area contributed by atoms with Crippen molar-refractivity contribution in [3.63, 3.8) is 0 Å². The summed E-state index contributed by atoms with van der Waals surface area (Å²) in [6.45, 7) is 18.1. The van der Waals surface area contributed by atoms with Crippen LogP contribution in [0.15, 0.2) is 24.3 Å². The highest BCUT2D eigenvalue weighted by Crippen LogP contribution is 2.46. The highest BCUT2D eigenvalue weighted by Gasteiger charge is 2.55. The predicted molar refractivity (Wildman–Crippen MR) is 120 cm³/mol. The van der Waals surface area contributed by atoms with Crippen molar-refractivity contribution in [3.05, 3.63) is 24.3 Å². The predicted octanol–water partition coefficient (Wildman–Crippen LogP) is 6.02. The van der Waals surface area contributed by atoms with Crippen molar-refractivity contribution in [3.8, 4) is 5.75 Å². The fourth-order valence-corrected chi connectivity index (χ4v) is 10.6. The van der Waals surface area contributed by atoms with Gasteiger partial charge in [-0.1, -0.05) is 55.4 Å². The summed E-state index contributed by atoms with van der Waals surface area (Å²) in [5.41, 5.74) is 2.34. The van der Waals surface area contributed by atoms with Crippen molar-refractivity contribution in [2.45, 2.75) is 90.6 Å². The van der Waals surface area contributed by atoms with Crippen molar-refractivity contribution in [1.82, 2.24) is 0 Å². The fraction of sp³-hybridized carbons (Fsp3) is 0.696. The molecule has 1 saturated heterocycles. The van der Waals surface area contributed by atoms with Gasteiger partial charge in [-0.3, -0.25) is 4.79 Å². The third kappa shape index (κ3) is 4.15. The number of carbonyl (C=O) groups excluding carboxylic acids is 1. The van der Waals surface area contributed by atoms with Crippen LogP contribution >= 0.6 is 0 Å². The summed E-state index contributed by atoms with van der Waals surface area (Å²) in [6.07, 6.45) is 0.629. The van der Waals surface area contributed by atoms with E-state index >= 15 is 0 Å². The highest BCUT2D eigenvalue weighted by molar-refractivity contribution is 6.77. The lowest BCUT2D eigenvalue weighted by Crippen LogP contribution is -2.70. The summed E-state index contributed by atoms with van der Waals surface area (Å²) in [5, 5.41) is 0. The minimum Gasteiger partial charge on any atom is -0.497 e. The zero-order chi connectivity index (χ0) is 21.2. The van der Waals surface area contributed by atoms with E-state index in [1.807, 2.05) is 29.2 Å². The molecule has 1 heterocycles. The molecule has 0 spiro atoms. The van der Waals surface area contributed by atoms with Crippen LogP contribution in [0.2, 0.25) is 16.6 Å². The molecule has 0 bridgehead atoms. The van der Waals surface area contributed by atoms with Gasteiger partial charge in [0.25, 0.3) is 5.91 Å². The van der Waals surface area contributed by atoms with Gasteiger partial charge >= 0.3 is 0 Å². The quantitative estimate of drug-likeness (QED) is 0.372. The van der Waals surface area contributed by atoms with Crippen LogP contribution in [-0.2, 0) is 9.22 Å². The number of benzene rings is 1. The maximum absolute atomic E-state index is 13.2. The largest absolute Gasteiger partial charge is 0.497 e. The van der Waals surface area contributed by atoms with E-state index in [0.29, 0.717) is 22.5 Å². The number of hydrogen-bond acceptors (Lipinski definition) is 3. The topological polar surface area (TPSA) is 38.8 Å². The van der Waals surface area contributed by atoms with Gasteiger partial charge in [-0.05, 0) is 53.2 Å². The van der Waals surface area contributed by atoms with Gasteiger partial charge in [0.05, 0.1) is 13.2 Å². The number of ether oxygens (including phenoxy) is 1. The molecular weight excluding hydrogens is 366 g/mol. The molecule has 0 N–H and O–H groups in total. The molecule has 28 heavy (non-hydrogen) atoms. The van der Waals surface area contributed by atoms with Crippen molar-refractivity contribution in [1.29, 1.82) is 0 Å². The van der Waals surface area contributed by atoms with Crippen molar-refractivity contribution in [2.75, 3.05) is 12.0 Å². The number of methoxy groups -OCH3 is 1. The van der Waals surface area contributed by atoms with Crippen LogP contribution in [0.4, 0.5) is 5.69 Å². The first-order valence-electron chi connectivity index (χ1n) is 10.7. The Bertz CT molecular complexity index is 633. The van der Waals surface area contributed by atoms with Crippen molar-refractivity contribution >= 4 is 19.9 Å². The average molecular weight is 406 g/mol. The van der Waals surface area contributed by atoms with Crippen molar-refractivity contribution in [2.24, 2.45) is 5.92 Å². The Labute approximate surface area is 172 Å². The summed E-state index contributed by atoms with van der Waals surface area (Å²) in [4.78, 5) is 15.2. The molecule has 4 nitrogen and oxygen atoms in total. The van der Waals surface area contributed by atoms with Gasteiger partial charge in [0.2, 0.25) is 8.32 Å². The normalized spacial score (nSPS) is 20.5. The maximum atomic E-state index is 13.2. The molecule has 0 saturated carbocycles. The third-order valence-corrected chi connectivity index (χ3v) is 12.3. The van der Waals surface area contributed by atoms with Gasteiger partial charge < -0.3 is 14.1 Å². The Morgan fingerprint density at radius 2 is 1.43 bits per heavy atom. The molecule has 0 radical (unpaired) electrons. The van der Waals surface area contributed by atoms with E-state index in [1.54, 1.807) is 7.11 Å². The van der Waals surface area contributed by atoms with E-state index < -0.39 is 8.32 Å². The first kappa shape index (κ1) is 23.0. The number of amides is 1. The molecule has 2 rings (SSSR count). The second-order valence-corrected chi connectivity index (χ2v) is 14.9. The molecule has 1 aliphatic heterocycles. The van der Waals surface area contributed by atoms with Crippen LogP contribution in [0.1, 0.15) is 61.8 Å². The summed E-state index contributed by atoms with van der Waals surface area (Å²) in [7, 11) is -0.452. The molecule has 1 aliphatic rings. The first-order chi connectivity index (χ1) is 13.1.